The van der Waals surface area contributed by atoms with Crippen molar-refractivity contribution in [2.24, 2.45) is 0 Å². The van der Waals surface area contributed by atoms with Gasteiger partial charge in [0.15, 0.2) is 0 Å². The predicted molar refractivity (Wildman–Crippen MR) is 113 cm³/mol. The van der Waals surface area contributed by atoms with Crippen LogP contribution in [0.2, 0.25) is 0 Å². The van der Waals surface area contributed by atoms with Crippen LogP contribution in [0.5, 0.6) is 5.75 Å². The molecular formula is C24H26N2O2. The minimum atomic E-state index is -0.494. The summed E-state index contributed by atoms with van der Waals surface area (Å²) >= 11 is 0. The molecule has 0 heterocycles. The van der Waals surface area contributed by atoms with Crippen LogP contribution in [-0.4, -0.2) is 12.5 Å². The Labute approximate surface area is 166 Å². The molecule has 0 radical (unpaired) electrons. The summed E-state index contributed by atoms with van der Waals surface area (Å²) in [4.78, 5) is 13.2. The Balaban J connectivity index is 1.84. The molecule has 1 amide bonds. The minimum Gasteiger partial charge on any atom is -0.492 e. The fourth-order valence-electron chi connectivity index (χ4n) is 3.11. The highest BCUT2D eigenvalue weighted by Gasteiger charge is 2.23. The van der Waals surface area contributed by atoms with Crippen molar-refractivity contribution < 1.29 is 9.53 Å². The SMILES string of the molecule is CCOc1ccccc1NC(=O)[C@@H](N[C@@H](C)c1ccccc1)c1ccccc1. The van der Waals surface area contributed by atoms with E-state index in [9.17, 15) is 4.79 Å². The maximum Gasteiger partial charge on any atom is 0.246 e. The van der Waals surface area contributed by atoms with Crippen molar-refractivity contribution in [2.75, 3.05) is 11.9 Å². The number of hydrogen-bond acceptors (Lipinski definition) is 3. The smallest absolute Gasteiger partial charge is 0.246 e. The lowest BCUT2D eigenvalue weighted by molar-refractivity contribution is -0.118. The molecule has 0 saturated heterocycles. The van der Waals surface area contributed by atoms with Gasteiger partial charge >= 0.3 is 0 Å². The van der Waals surface area contributed by atoms with Crippen molar-refractivity contribution in [2.45, 2.75) is 25.9 Å². The van der Waals surface area contributed by atoms with Crippen LogP contribution >= 0.6 is 0 Å². The zero-order valence-corrected chi connectivity index (χ0v) is 16.3. The number of carbonyl (C=O) groups is 1. The molecule has 0 aliphatic heterocycles. The second kappa shape index (κ2) is 9.72. The Morgan fingerprint density at radius 3 is 2.07 bits per heavy atom. The first-order chi connectivity index (χ1) is 13.7. The van der Waals surface area contributed by atoms with Crippen molar-refractivity contribution in [3.63, 3.8) is 0 Å². The second-order valence-corrected chi connectivity index (χ2v) is 6.56. The number of ether oxygens (including phenoxy) is 1. The Morgan fingerprint density at radius 2 is 1.43 bits per heavy atom. The normalized spacial score (nSPS) is 12.8. The highest BCUT2D eigenvalue weighted by atomic mass is 16.5. The molecule has 4 heteroatoms. The van der Waals surface area contributed by atoms with Crippen LogP contribution in [0.3, 0.4) is 0 Å². The fraction of sp³-hybridized carbons (Fsp3) is 0.208. The summed E-state index contributed by atoms with van der Waals surface area (Å²) in [5.74, 6) is 0.544. The highest BCUT2D eigenvalue weighted by molar-refractivity contribution is 5.96. The van der Waals surface area contributed by atoms with E-state index in [2.05, 4.69) is 29.7 Å². The number of nitrogens with one attached hydrogen (secondary N) is 2. The number of benzene rings is 3. The van der Waals surface area contributed by atoms with Gasteiger partial charge in [-0.05, 0) is 37.1 Å². The molecule has 0 aliphatic carbocycles. The van der Waals surface area contributed by atoms with Crippen LogP contribution in [0.15, 0.2) is 84.9 Å². The van der Waals surface area contributed by atoms with Crippen molar-refractivity contribution >= 4 is 11.6 Å². The summed E-state index contributed by atoms with van der Waals surface area (Å²) in [7, 11) is 0. The third-order valence-corrected chi connectivity index (χ3v) is 4.56. The summed E-state index contributed by atoms with van der Waals surface area (Å²) in [6.45, 7) is 4.53. The van der Waals surface area contributed by atoms with Crippen LogP contribution in [0, 0.1) is 0 Å². The first-order valence-corrected chi connectivity index (χ1v) is 9.57. The van der Waals surface area contributed by atoms with Crippen molar-refractivity contribution in [3.05, 3.63) is 96.1 Å². The van der Waals surface area contributed by atoms with E-state index >= 15 is 0 Å². The summed E-state index contributed by atoms with van der Waals surface area (Å²) in [5, 5.41) is 6.49. The molecule has 2 atom stereocenters. The zero-order valence-electron chi connectivity index (χ0n) is 16.3. The Bertz CT molecular complexity index is 881. The topological polar surface area (TPSA) is 50.4 Å². The summed E-state index contributed by atoms with van der Waals surface area (Å²) < 4.78 is 5.64. The molecule has 3 rings (SSSR count). The van der Waals surface area contributed by atoms with Crippen LogP contribution in [-0.2, 0) is 4.79 Å². The molecule has 28 heavy (non-hydrogen) atoms. The molecule has 2 N–H and O–H groups in total. The van der Waals surface area contributed by atoms with E-state index in [1.165, 1.54) is 0 Å². The average molecular weight is 374 g/mol. The van der Waals surface area contributed by atoms with E-state index in [4.69, 9.17) is 4.74 Å². The van der Waals surface area contributed by atoms with E-state index in [0.29, 0.717) is 18.0 Å². The monoisotopic (exact) mass is 374 g/mol. The fourth-order valence-corrected chi connectivity index (χ4v) is 3.11. The van der Waals surface area contributed by atoms with Gasteiger partial charge in [0, 0.05) is 6.04 Å². The van der Waals surface area contributed by atoms with Crippen LogP contribution in [0.4, 0.5) is 5.69 Å². The van der Waals surface area contributed by atoms with Gasteiger partial charge in [0.2, 0.25) is 5.91 Å². The standard InChI is InChI=1S/C24H26N2O2/c1-3-28-22-17-11-10-16-21(22)26-24(27)23(20-14-8-5-9-15-20)25-18(2)19-12-6-4-7-13-19/h4-18,23,25H,3H2,1-2H3,(H,26,27)/t18-,23-/m0/s1. The molecule has 144 valence electrons. The Morgan fingerprint density at radius 1 is 0.857 bits per heavy atom. The molecule has 0 unspecified atom stereocenters. The lowest BCUT2D eigenvalue weighted by Crippen LogP contribution is -2.34. The molecule has 3 aromatic rings. The van der Waals surface area contributed by atoms with Gasteiger partial charge in [-0.2, -0.15) is 0 Å². The molecule has 4 nitrogen and oxygen atoms in total. The third kappa shape index (κ3) is 4.99. The Hall–Kier alpha value is -3.11. The molecule has 3 aromatic carbocycles. The van der Waals surface area contributed by atoms with Gasteiger partial charge in [-0.3, -0.25) is 10.1 Å². The first kappa shape index (κ1) is 19.6. The molecule has 0 saturated carbocycles. The maximum absolute atomic E-state index is 13.2. The third-order valence-electron chi connectivity index (χ3n) is 4.56. The summed E-state index contributed by atoms with van der Waals surface area (Å²) in [5.41, 5.74) is 2.71. The van der Waals surface area contributed by atoms with Gasteiger partial charge in [-0.25, -0.2) is 0 Å². The largest absolute Gasteiger partial charge is 0.492 e. The number of hydrogen-bond donors (Lipinski definition) is 2. The van der Waals surface area contributed by atoms with E-state index in [-0.39, 0.29) is 11.9 Å². The van der Waals surface area contributed by atoms with Crippen molar-refractivity contribution in [1.29, 1.82) is 0 Å². The number of carbonyl (C=O) groups excluding carboxylic acids is 1. The molecule has 0 aromatic heterocycles. The van der Waals surface area contributed by atoms with E-state index in [1.54, 1.807) is 0 Å². The van der Waals surface area contributed by atoms with Gasteiger partial charge in [0.1, 0.15) is 11.8 Å². The van der Waals surface area contributed by atoms with Crippen molar-refractivity contribution in [3.8, 4) is 5.75 Å². The van der Waals surface area contributed by atoms with E-state index in [1.807, 2.05) is 79.7 Å². The summed E-state index contributed by atoms with van der Waals surface area (Å²) in [6.07, 6.45) is 0. The average Bonchev–Trinajstić information content (AvgIpc) is 2.74. The molecule has 0 spiro atoms. The van der Waals surface area contributed by atoms with Crippen molar-refractivity contribution in [1.82, 2.24) is 5.32 Å². The van der Waals surface area contributed by atoms with Gasteiger partial charge in [-0.15, -0.1) is 0 Å². The number of anilines is 1. The van der Waals surface area contributed by atoms with E-state index < -0.39 is 6.04 Å². The van der Waals surface area contributed by atoms with Gasteiger partial charge in [0.25, 0.3) is 0 Å². The lowest BCUT2D eigenvalue weighted by Gasteiger charge is -2.24. The van der Waals surface area contributed by atoms with E-state index in [0.717, 1.165) is 11.1 Å². The summed E-state index contributed by atoms with van der Waals surface area (Å²) in [6, 6.07) is 26.9. The first-order valence-electron chi connectivity index (χ1n) is 9.57. The molecule has 0 fully saturated rings. The molecule has 0 bridgehead atoms. The second-order valence-electron chi connectivity index (χ2n) is 6.56. The molecule has 0 aliphatic rings. The number of rotatable bonds is 8. The Kier molecular flexibility index (Phi) is 6.82. The maximum atomic E-state index is 13.2. The van der Waals surface area contributed by atoms with Crippen LogP contribution in [0.1, 0.15) is 37.1 Å². The molecular weight excluding hydrogens is 348 g/mol. The highest BCUT2D eigenvalue weighted by Crippen LogP contribution is 2.26. The zero-order chi connectivity index (χ0) is 19.8. The van der Waals surface area contributed by atoms with Crippen LogP contribution in [0.25, 0.3) is 0 Å². The number of amides is 1. The quantitative estimate of drug-likeness (QED) is 0.576. The van der Waals surface area contributed by atoms with Gasteiger partial charge in [-0.1, -0.05) is 72.8 Å². The van der Waals surface area contributed by atoms with Crippen LogP contribution < -0.4 is 15.4 Å². The lowest BCUT2D eigenvalue weighted by atomic mass is 10.0. The minimum absolute atomic E-state index is 0.0132. The predicted octanol–water partition coefficient (Wildman–Crippen LogP) is 5.12. The van der Waals surface area contributed by atoms with Gasteiger partial charge in [0.05, 0.1) is 12.3 Å². The number of para-hydroxylation sites is 2. The van der Waals surface area contributed by atoms with Gasteiger partial charge < -0.3 is 10.1 Å².